The van der Waals surface area contributed by atoms with E-state index in [0.717, 1.165) is 25.3 Å². The SMILES string of the molecule is Cc1cc(C2(CN)CCCCC2)cc2c1OCC2. The highest BCUT2D eigenvalue weighted by atomic mass is 16.5. The molecule has 1 aliphatic heterocycles. The Labute approximate surface area is 110 Å². The van der Waals surface area contributed by atoms with Gasteiger partial charge >= 0.3 is 0 Å². The molecule has 0 saturated heterocycles. The molecule has 1 heterocycles. The number of hydrogen-bond acceptors (Lipinski definition) is 2. The van der Waals surface area contributed by atoms with Gasteiger partial charge in [-0.3, -0.25) is 0 Å². The topological polar surface area (TPSA) is 35.2 Å². The second-order valence-corrected chi connectivity index (χ2v) is 5.92. The largest absolute Gasteiger partial charge is 0.493 e. The Kier molecular flexibility index (Phi) is 3.06. The molecule has 2 nitrogen and oxygen atoms in total. The van der Waals surface area contributed by atoms with Crippen LogP contribution >= 0.6 is 0 Å². The zero-order valence-electron chi connectivity index (χ0n) is 11.3. The van der Waals surface area contributed by atoms with Crippen LogP contribution in [-0.2, 0) is 11.8 Å². The standard InChI is InChI=1S/C16H23NO/c1-12-9-14(10-13-5-8-18-15(12)13)16(11-17)6-3-2-4-7-16/h9-10H,2-8,11,17H2,1H3. The fraction of sp³-hybridized carbons (Fsp3) is 0.625. The van der Waals surface area contributed by atoms with Gasteiger partial charge in [0.05, 0.1) is 6.61 Å². The van der Waals surface area contributed by atoms with Gasteiger partial charge in [-0.2, -0.15) is 0 Å². The molecule has 0 radical (unpaired) electrons. The summed E-state index contributed by atoms with van der Waals surface area (Å²) in [5, 5.41) is 0. The third-order valence-corrected chi connectivity index (χ3v) is 4.78. The molecule has 0 aromatic heterocycles. The third-order valence-electron chi connectivity index (χ3n) is 4.78. The van der Waals surface area contributed by atoms with Gasteiger partial charge in [0, 0.05) is 18.4 Å². The zero-order valence-corrected chi connectivity index (χ0v) is 11.3. The predicted octanol–water partition coefficient (Wildman–Crippen LogP) is 3.09. The van der Waals surface area contributed by atoms with Crippen molar-refractivity contribution in [3.63, 3.8) is 0 Å². The average Bonchev–Trinajstić information content (AvgIpc) is 2.88. The highest BCUT2D eigenvalue weighted by Crippen LogP contribution is 2.42. The van der Waals surface area contributed by atoms with E-state index in [4.69, 9.17) is 10.5 Å². The first-order valence-corrected chi connectivity index (χ1v) is 7.22. The van der Waals surface area contributed by atoms with Crippen molar-refractivity contribution in [1.82, 2.24) is 0 Å². The van der Waals surface area contributed by atoms with E-state index in [9.17, 15) is 0 Å². The Morgan fingerprint density at radius 2 is 2.00 bits per heavy atom. The molecule has 0 unspecified atom stereocenters. The third kappa shape index (κ3) is 1.83. The minimum absolute atomic E-state index is 0.237. The summed E-state index contributed by atoms with van der Waals surface area (Å²) in [5.41, 5.74) is 10.5. The average molecular weight is 245 g/mol. The van der Waals surface area contributed by atoms with Crippen LogP contribution < -0.4 is 10.5 Å². The normalized spacial score (nSPS) is 21.4. The van der Waals surface area contributed by atoms with Crippen molar-refractivity contribution < 1.29 is 4.74 Å². The number of fused-ring (bicyclic) bond motifs is 1. The van der Waals surface area contributed by atoms with E-state index in [0.29, 0.717) is 0 Å². The van der Waals surface area contributed by atoms with Crippen molar-refractivity contribution in [3.05, 3.63) is 28.8 Å². The van der Waals surface area contributed by atoms with Crippen LogP contribution in [0.2, 0.25) is 0 Å². The van der Waals surface area contributed by atoms with Crippen LogP contribution in [0.3, 0.4) is 0 Å². The highest BCUT2D eigenvalue weighted by molar-refractivity contribution is 5.48. The quantitative estimate of drug-likeness (QED) is 0.869. The molecule has 3 rings (SSSR count). The van der Waals surface area contributed by atoms with Crippen LogP contribution in [0.25, 0.3) is 0 Å². The summed E-state index contributed by atoms with van der Waals surface area (Å²) in [7, 11) is 0. The lowest BCUT2D eigenvalue weighted by atomic mass is 9.69. The van der Waals surface area contributed by atoms with Crippen LogP contribution in [0.5, 0.6) is 5.75 Å². The summed E-state index contributed by atoms with van der Waals surface area (Å²) in [4.78, 5) is 0. The van der Waals surface area contributed by atoms with Crippen LogP contribution in [-0.4, -0.2) is 13.2 Å². The van der Waals surface area contributed by atoms with E-state index in [2.05, 4.69) is 19.1 Å². The van der Waals surface area contributed by atoms with E-state index in [1.807, 2.05) is 0 Å². The minimum Gasteiger partial charge on any atom is -0.493 e. The van der Waals surface area contributed by atoms with Crippen LogP contribution in [0, 0.1) is 6.92 Å². The van der Waals surface area contributed by atoms with Gasteiger partial charge in [-0.15, -0.1) is 0 Å². The molecule has 1 fully saturated rings. The maximum absolute atomic E-state index is 6.13. The number of benzene rings is 1. The molecule has 2 aliphatic rings. The summed E-state index contributed by atoms with van der Waals surface area (Å²) < 4.78 is 5.71. The highest BCUT2D eigenvalue weighted by Gasteiger charge is 2.33. The molecule has 18 heavy (non-hydrogen) atoms. The van der Waals surface area contributed by atoms with E-state index in [1.54, 1.807) is 0 Å². The van der Waals surface area contributed by atoms with Crippen LogP contribution in [0.1, 0.15) is 48.8 Å². The molecule has 2 N–H and O–H groups in total. The molecular formula is C16H23NO. The number of rotatable bonds is 2. The first kappa shape index (κ1) is 12.0. The molecule has 0 spiro atoms. The summed E-state index contributed by atoms with van der Waals surface area (Å²) in [6.45, 7) is 3.79. The number of aryl methyl sites for hydroxylation is 1. The second-order valence-electron chi connectivity index (χ2n) is 5.92. The van der Waals surface area contributed by atoms with Gasteiger partial charge < -0.3 is 10.5 Å². The molecule has 1 saturated carbocycles. The Morgan fingerprint density at radius 1 is 1.22 bits per heavy atom. The number of ether oxygens (including phenoxy) is 1. The van der Waals surface area contributed by atoms with Crippen molar-refractivity contribution in [2.45, 2.75) is 50.9 Å². The van der Waals surface area contributed by atoms with Crippen molar-refractivity contribution in [2.24, 2.45) is 5.73 Å². The Hall–Kier alpha value is -1.02. The minimum atomic E-state index is 0.237. The van der Waals surface area contributed by atoms with Gasteiger partial charge in [-0.05, 0) is 36.5 Å². The van der Waals surface area contributed by atoms with Crippen molar-refractivity contribution in [3.8, 4) is 5.75 Å². The summed E-state index contributed by atoms with van der Waals surface area (Å²) in [5.74, 6) is 1.13. The lowest BCUT2D eigenvalue weighted by Gasteiger charge is -2.37. The van der Waals surface area contributed by atoms with Gasteiger partial charge in [0.25, 0.3) is 0 Å². The van der Waals surface area contributed by atoms with Crippen molar-refractivity contribution >= 4 is 0 Å². The molecule has 0 amide bonds. The molecule has 1 aliphatic carbocycles. The fourth-order valence-corrected chi connectivity index (χ4v) is 3.65. The Bertz CT molecular complexity index is 447. The lowest BCUT2D eigenvalue weighted by Crippen LogP contribution is -2.37. The Morgan fingerprint density at radius 3 is 2.72 bits per heavy atom. The van der Waals surface area contributed by atoms with Crippen LogP contribution in [0.15, 0.2) is 12.1 Å². The predicted molar refractivity (Wildman–Crippen MR) is 74.2 cm³/mol. The van der Waals surface area contributed by atoms with Gasteiger partial charge in [0.2, 0.25) is 0 Å². The molecule has 0 atom stereocenters. The van der Waals surface area contributed by atoms with Gasteiger partial charge in [0.1, 0.15) is 5.75 Å². The summed E-state index contributed by atoms with van der Waals surface area (Å²) in [6, 6.07) is 4.69. The van der Waals surface area contributed by atoms with Gasteiger partial charge in [-0.1, -0.05) is 31.4 Å². The smallest absolute Gasteiger partial charge is 0.125 e. The van der Waals surface area contributed by atoms with E-state index in [1.165, 1.54) is 48.8 Å². The molecule has 1 aromatic carbocycles. The first-order valence-electron chi connectivity index (χ1n) is 7.22. The molecule has 0 bridgehead atoms. The molecular weight excluding hydrogens is 222 g/mol. The fourth-order valence-electron chi connectivity index (χ4n) is 3.65. The first-order chi connectivity index (χ1) is 8.75. The molecule has 98 valence electrons. The summed E-state index contributed by atoms with van der Waals surface area (Å²) in [6.07, 6.45) is 7.58. The van der Waals surface area contributed by atoms with E-state index in [-0.39, 0.29) is 5.41 Å². The number of hydrogen-bond donors (Lipinski definition) is 1. The van der Waals surface area contributed by atoms with Crippen molar-refractivity contribution in [2.75, 3.05) is 13.2 Å². The molecule has 2 heteroatoms. The number of nitrogens with two attached hydrogens (primary N) is 1. The monoisotopic (exact) mass is 245 g/mol. The maximum atomic E-state index is 6.13. The Balaban J connectivity index is 2.02. The maximum Gasteiger partial charge on any atom is 0.125 e. The lowest BCUT2D eigenvalue weighted by molar-refractivity contribution is 0.300. The molecule has 1 aromatic rings. The second kappa shape index (κ2) is 4.58. The van der Waals surface area contributed by atoms with Gasteiger partial charge in [-0.25, -0.2) is 0 Å². The van der Waals surface area contributed by atoms with Crippen molar-refractivity contribution in [1.29, 1.82) is 0 Å². The zero-order chi connectivity index (χ0) is 12.6. The summed E-state index contributed by atoms with van der Waals surface area (Å²) >= 11 is 0. The van der Waals surface area contributed by atoms with E-state index < -0.39 is 0 Å². The van der Waals surface area contributed by atoms with Crippen LogP contribution in [0.4, 0.5) is 0 Å². The van der Waals surface area contributed by atoms with E-state index >= 15 is 0 Å². The van der Waals surface area contributed by atoms with Gasteiger partial charge in [0.15, 0.2) is 0 Å².